The standard InChI is InChI=1S/C48H35N5O4.Cu/c1-28-9-5-11-30(23-28)44-36-17-18-38(49-36)45(32-13-7-15-34(25-32)56-3)39-19-20-40(50-39)46(33-14-8-16-35(26-33)57-4)42-27-43(53(54)55)48(52-42)47(41-22-21-37(44)51-41)31-12-6-10-29(2)24-31;/h5-27H,1-4H3;/q-2;+2. The van der Waals surface area contributed by atoms with Crippen LogP contribution in [0.15, 0.2) is 121 Å². The second kappa shape index (κ2) is 15.5. The summed E-state index contributed by atoms with van der Waals surface area (Å²) >= 11 is 0. The molecule has 2 aliphatic heterocycles. The maximum Gasteiger partial charge on any atom is 2.00 e. The number of hydrogen-bond acceptors (Lipinski definition) is 6. The molecule has 2 aliphatic rings. The third-order valence-corrected chi connectivity index (χ3v) is 10.2. The summed E-state index contributed by atoms with van der Waals surface area (Å²) in [4.78, 5) is 33.7. The van der Waals surface area contributed by atoms with Gasteiger partial charge in [0.05, 0.1) is 36.2 Å². The number of aromatic nitrogens is 4. The van der Waals surface area contributed by atoms with Gasteiger partial charge in [-0.25, -0.2) is 9.97 Å². The van der Waals surface area contributed by atoms with Crippen molar-refractivity contribution in [1.29, 1.82) is 0 Å². The predicted octanol–water partition coefficient (Wildman–Crippen LogP) is 10.8. The van der Waals surface area contributed by atoms with Crippen LogP contribution in [0.4, 0.5) is 0 Å². The molecule has 287 valence electrons. The average Bonchev–Trinajstić information content (AvgIpc) is 4.05. The van der Waals surface area contributed by atoms with Gasteiger partial charge in [0.1, 0.15) is 17.2 Å². The van der Waals surface area contributed by atoms with Crippen molar-refractivity contribution in [3.8, 4) is 56.0 Å². The van der Waals surface area contributed by atoms with Crippen molar-refractivity contribution < 1.29 is 31.5 Å². The molecule has 8 bridgehead atoms. The third-order valence-electron chi connectivity index (χ3n) is 10.2. The number of fused-ring (bicyclic) bond motifs is 8. The van der Waals surface area contributed by atoms with Crippen LogP contribution in [0.3, 0.4) is 0 Å². The van der Waals surface area contributed by atoms with Crippen molar-refractivity contribution in [1.82, 2.24) is 19.9 Å². The van der Waals surface area contributed by atoms with Crippen molar-refractivity contribution >= 4 is 46.0 Å². The van der Waals surface area contributed by atoms with Crippen LogP contribution in [-0.2, 0) is 17.1 Å². The Kier molecular flexibility index (Phi) is 10.1. The fraction of sp³-hybridized carbons (Fsp3) is 0.0833. The Morgan fingerprint density at radius 2 is 0.948 bits per heavy atom. The molecule has 0 unspecified atom stereocenters. The Morgan fingerprint density at radius 3 is 1.40 bits per heavy atom. The first-order valence-corrected chi connectivity index (χ1v) is 18.4. The number of ether oxygens (including phenoxy) is 2. The van der Waals surface area contributed by atoms with E-state index in [-0.39, 0.29) is 33.4 Å². The fourth-order valence-electron chi connectivity index (χ4n) is 7.63. The molecule has 0 saturated carbocycles. The topological polar surface area (TPSA) is 116 Å². The van der Waals surface area contributed by atoms with Gasteiger partial charge in [0.2, 0.25) is 0 Å². The third kappa shape index (κ3) is 6.89. The van der Waals surface area contributed by atoms with Crippen LogP contribution in [0, 0.1) is 24.0 Å². The summed E-state index contributed by atoms with van der Waals surface area (Å²) in [5.74, 6) is 1.31. The van der Waals surface area contributed by atoms with Gasteiger partial charge in [-0.2, -0.15) is 0 Å². The maximum atomic E-state index is 13.1. The number of hydrogen-bond donors (Lipinski definition) is 0. The van der Waals surface area contributed by atoms with Gasteiger partial charge in [-0.1, -0.05) is 108 Å². The van der Waals surface area contributed by atoms with E-state index in [1.165, 1.54) is 6.08 Å². The van der Waals surface area contributed by atoms with E-state index in [0.717, 1.165) is 50.2 Å². The predicted molar refractivity (Wildman–Crippen MR) is 227 cm³/mol. The summed E-state index contributed by atoms with van der Waals surface area (Å²) in [5.41, 5.74) is 12.5. The molecule has 5 heterocycles. The second-order valence-corrected chi connectivity index (χ2v) is 14.0. The van der Waals surface area contributed by atoms with E-state index >= 15 is 0 Å². The Hall–Kier alpha value is -7.00. The van der Waals surface area contributed by atoms with Crippen LogP contribution in [0.25, 0.3) is 90.5 Å². The van der Waals surface area contributed by atoms with Gasteiger partial charge in [0, 0.05) is 6.08 Å². The molecule has 4 aromatic carbocycles. The summed E-state index contributed by atoms with van der Waals surface area (Å²) in [6.07, 6.45) is 5.57. The van der Waals surface area contributed by atoms with Crippen LogP contribution < -0.4 is 19.4 Å². The Morgan fingerprint density at radius 1 is 0.534 bits per heavy atom. The fourth-order valence-corrected chi connectivity index (χ4v) is 7.63. The minimum Gasteiger partial charge on any atom is -0.657 e. The van der Waals surface area contributed by atoms with Gasteiger partial charge in [0.25, 0.3) is 5.70 Å². The quantitative estimate of drug-likeness (QED) is 0.0888. The molecule has 10 heteroatoms. The number of nitro groups is 1. The largest absolute Gasteiger partial charge is 2.00 e. The number of rotatable bonds is 7. The molecule has 3 aromatic heterocycles. The average molecular weight is 809 g/mol. The minimum absolute atomic E-state index is 0. The first-order chi connectivity index (χ1) is 27.8. The van der Waals surface area contributed by atoms with E-state index < -0.39 is 0 Å². The van der Waals surface area contributed by atoms with Crippen LogP contribution in [0.5, 0.6) is 11.5 Å². The molecule has 9 rings (SSSR count). The zero-order valence-electron chi connectivity index (χ0n) is 31.9. The normalized spacial score (nSPS) is 11.8. The molecule has 0 aliphatic carbocycles. The van der Waals surface area contributed by atoms with Crippen molar-refractivity contribution in [2.24, 2.45) is 0 Å². The Balaban J connectivity index is 0.00000469. The van der Waals surface area contributed by atoms with E-state index in [1.54, 1.807) is 14.2 Å². The Labute approximate surface area is 345 Å². The van der Waals surface area contributed by atoms with Gasteiger partial charge >= 0.3 is 17.1 Å². The van der Waals surface area contributed by atoms with Crippen molar-refractivity contribution in [3.05, 3.63) is 165 Å². The van der Waals surface area contributed by atoms with E-state index in [2.05, 4.69) is 25.1 Å². The van der Waals surface area contributed by atoms with Gasteiger partial charge in [-0.05, 0) is 94.8 Å². The molecular formula is C48H35CuN5O4. The Bertz CT molecular complexity index is 3010. The molecule has 0 fully saturated rings. The first-order valence-electron chi connectivity index (χ1n) is 18.4. The minimum atomic E-state index is -0.374. The zero-order valence-corrected chi connectivity index (χ0v) is 32.9. The summed E-state index contributed by atoms with van der Waals surface area (Å²) < 4.78 is 11.3. The van der Waals surface area contributed by atoms with E-state index in [4.69, 9.17) is 29.4 Å². The molecule has 1 radical (unpaired) electrons. The molecule has 58 heavy (non-hydrogen) atoms. The zero-order chi connectivity index (χ0) is 39.2. The van der Waals surface area contributed by atoms with Crippen LogP contribution >= 0.6 is 0 Å². The molecule has 7 aromatic rings. The maximum absolute atomic E-state index is 13.1. The molecule has 0 saturated heterocycles. The molecule has 0 amide bonds. The monoisotopic (exact) mass is 808 g/mol. The van der Waals surface area contributed by atoms with E-state index in [9.17, 15) is 10.1 Å². The molecule has 0 atom stereocenters. The molecular weight excluding hydrogens is 774 g/mol. The number of benzene rings is 4. The number of methoxy groups -OCH3 is 2. The number of aryl methyl sites for hydroxylation is 2. The van der Waals surface area contributed by atoms with E-state index in [0.29, 0.717) is 56.1 Å². The van der Waals surface area contributed by atoms with Crippen molar-refractivity contribution in [2.45, 2.75) is 13.8 Å². The van der Waals surface area contributed by atoms with Gasteiger partial charge in [-0.3, -0.25) is 10.1 Å². The second-order valence-electron chi connectivity index (χ2n) is 14.0. The molecule has 0 spiro atoms. The van der Waals surface area contributed by atoms with Crippen LogP contribution in [-0.4, -0.2) is 29.1 Å². The van der Waals surface area contributed by atoms with Gasteiger partial charge in [-0.15, -0.1) is 22.1 Å². The first kappa shape index (κ1) is 37.9. The summed E-state index contributed by atoms with van der Waals surface area (Å²) in [7, 11) is 3.25. The SMILES string of the molecule is COc1cccc(-c2c3nc(c(-c4cccc(C)c4)c4ccc([n-]4)c(-c4cccc(C)c4)c4nc(c(-c5cccc(OC)c5)c5ccc2[n-]5)C=C4[N+](=O)[O-])C=C3)c1.[Cu+2]. The van der Waals surface area contributed by atoms with Crippen molar-refractivity contribution in [3.63, 3.8) is 0 Å². The summed E-state index contributed by atoms with van der Waals surface area (Å²) in [6.45, 7) is 4.05. The molecule has 9 nitrogen and oxygen atoms in total. The van der Waals surface area contributed by atoms with Gasteiger partial charge < -0.3 is 19.4 Å². The molecule has 0 N–H and O–H groups in total. The summed E-state index contributed by atoms with van der Waals surface area (Å²) in [6, 6.07) is 39.2. The summed E-state index contributed by atoms with van der Waals surface area (Å²) in [5, 5.41) is 13.1. The smallest absolute Gasteiger partial charge is 0.657 e. The van der Waals surface area contributed by atoms with Crippen molar-refractivity contribution in [2.75, 3.05) is 14.2 Å². The van der Waals surface area contributed by atoms with Crippen LogP contribution in [0.1, 0.15) is 33.9 Å². The van der Waals surface area contributed by atoms with Gasteiger partial charge in [0.15, 0.2) is 0 Å². The van der Waals surface area contributed by atoms with E-state index in [1.807, 2.05) is 122 Å². The number of nitrogens with zero attached hydrogens (tertiary/aromatic N) is 5. The van der Waals surface area contributed by atoms with Crippen LogP contribution in [0.2, 0.25) is 0 Å².